The Bertz CT molecular complexity index is 643. The number of thioether (sulfide) groups is 1. The summed E-state index contributed by atoms with van der Waals surface area (Å²) in [6.07, 6.45) is 2.06. The van der Waals surface area contributed by atoms with E-state index in [1.165, 1.54) is 5.56 Å². The third-order valence-electron chi connectivity index (χ3n) is 3.80. The lowest BCUT2D eigenvalue weighted by Crippen LogP contribution is -2.36. The van der Waals surface area contributed by atoms with E-state index in [-0.39, 0.29) is 10.7 Å². The Labute approximate surface area is 124 Å². The van der Waals surface area contributed by atoms with Crippen LogP contribution in [-0.2, 0) is 0 Å². The highest BCUT2D eigenvalue weighted by atomic mass is 32.2. The predicted octanol–water partition coefficient (Wildman–Crippen LogP) is 3.66. The molecule has 0 atom stereocenters. The van der Waals surface area contributed by atoms with Gasteiger partial charge in [0.15, 0.2) is 0 Å². The van der Waals surface area contributed by atoms with E-state index in [2.05, 4.69) is 44.3 Å². The molecule has 0 aliphatic rings. The summed E-state index contributed by atoms with van der Waals surface area (Å²) in [7, 11) is 0. The molecule has 0 saturated heterocycles. The minimum atomic E-state index is -0.00715. The van der Waals surface area contributed by atoms with Crippen molar-refractivity contribution in [2.45, 2.75) is 32.4 Å². The Morgan fingerprint density at radius 1 is 1.35 bits per heavy atom. The van der Waals surface area contributed by atoms with Crippen molar-refractivity contribution in [3.05, 3.63) is 35.0 Å². The number of hydrogen-bond acceptors (Lipinski definition) is 2. The Morgan fingerprint density at radius 3 is 2.70 bits per heavy atom. The van der Waals surface area contributed by atoms with E-state index < -0.39 is 0 Å². The van der Waals surface area contributed by atoms with Gasteiger partial charge in [-0.3, -0.25) is 4.79 Å². The first-order valence-electron chi connectivity index (χ1n) is 6.76. The van der Waals surface area contributed by atoms with Crippen LogP contribution in [0.2, 0.25) is 0 Å². The molecule has 1 amide bonds. The van der Waals surface area contributed by atoms with E-state index in [4.69, 9.17) is 0 Å². The van der Waals surface area contributed by atoms with Gasteiger partial charge in [0, 0.05) is 33.5 Å². The van der Waals surface area contributed by atoms with Crippen molar-refractivity contribution in [3.63, 3.8) is 0 Å². The minimum Gasteiger partial charge on any atom is -0.358 e. The molecule has 3 nitrogen and oxygen atoms in total. The van der Waals surface area contributed by atoms with Crippen molar-refractivity contribution in [1.29, 1.82) is 0 Å². The second-order valence-corrected chi connectivity index (χ2v) is 7.30. The normalized spacial score (nSPS) is 11.8. The Kier molecular flexibility index (Phi) is 4.14. The molecule has 0 spiro atoms. The number of nitrogens with one attached hydrogen (secondary N) is 2. The lowest BCUT2D eigenvalue weighted by molar-refractivity contribution is 0.0951. The topological polar surface area (TPSA) is 44.9 Å². The Balaban J connectivity index is 2.20. The summed E-state index contributed by atoms with van der Waals surface area (Å²) < 4.78 is 0.0559. The Morgan fingerprint density at radius 2 is 2.05 bits per heavy atom. The number of amides is 1. The predicted molar refractivity (Wildman–Crippen MR) is 87.7 cm³/mol. The summed E-state index contributed by atoms with van der Waals surface area (Å²) in [5.41, 5.74) is 4.16. The summed E-state index contributed by atoms with van der Waals surface area (Å²) in [4.78, 5) is 15.6. The third-order valence-corrected chi connectivity index (χ3v) is 5.05. The first-order valence-corrected chi connectivity index (χ1v) is 7.99. The van der Waals surface area contributed by atoms with Crippen molar-refractivity contribution in [1.82, 2.24) is 10.3 Å². The van der Waals surface area contributed by atoms with Gasteiger partial charge in [0.05, 0.1) is 0 Å². The van der Waals surface area contributed by atoms with Crippen LogP contribution in [0, 0.1) is 13.8 Å². The zero-order chi connectivity index (χ0) is 14.9. The monoisotopic (exact) mass is 290 g/mol. The van der Waals surface area contributed by atoms with Crippen molar-refractivity contribution in [3.8, 4) is 0 Å². The van der Waals surface area contributed by atoms with E-state index in [1.807, 2.05) is 18.2 Å². The molecule has 2 rings (SSSR count). The molecule has 0 aliphatic heterocycles. The minimum absolute atomic E-state index is 0.00715. The van der Waals surface area contributed by atoms with Gasteiger partial charge >= 0.3 is 0 Å². The number of hydrogen-bond donors (Lipinski definition) is 2. The number of carbonyl (C=O) groups is 1. The second-order valence-electron chi connectivity index (χ2n) is 5.78. The largest absolute Gasteiger partial charge is 0.358 e. The molecule has 0 unspecified atom stereocenters. The van der Waals surface area contributed by atoms with Gasteiger partial charge in [-0.1, -0.05) is 0 Å². The summed E-state index contributed by atoms with van der Waals surface area (Å²) in [6.45, 7) is 9.04. The number of rotatable bonds is 4. The van der Waals surface area contributed by atoms with E-state index >= 15 is 0 Å². The lowest BCUT2D eigenvalue weighted by atomic mass is 10.1. The molecular weight excluding hydrogens is 268 g/mol. The second kappa shape index (κ2) is 5.52. The van der Waals surface area contributed by atoms with Crippen molar-refractivity contribution in [2.24, 2.45) is 0 Å². The third kappa shape index (κ3) is 3.01. The summed E-state index contributed by atoms with van der Waals surface area (Å²) in [5.74, 6) is -0.00715. The maximum absolute atomic E-state index is 12.2. The molecule has 108 valence electrons. The maximum atomic E-state index is 12.2. The van der Waals surface area contributed by atoms with Crippen LogP contribution in [-0.4, -0.2) is 28.4 Å². The molecule has 4 heteroatoms. The molecule has 1 aromatic heterocycles. The lowest BCUT2D eigenvalue weighted by Gasteiger charge is -2.22. The molecule has 2 aromatic rings. The fourth-order valence-electron chi connectivity index (χ4n) is 2.07. The van der Waals surface area contributed by atoms with Crippen LogP contribution in [0.15, 0.2) is 18.2 Å². The average Bonchev–Trinajstić information content (AvgIpc) is 2.71. The number of fused-ring (bicyclic) bond motifs is 1. The number of benzene rings is 1. The summed E-state index contributed by atoms with van der Waals surface area (Å²) >= 11 is 1.75. The number of aromatic nitrogens is 1. The van der Waals surface area contributed by atoms with Crippen LogP contribution >= 0.6 is 11.8 Å². The molecule has 0 radical (unpaired) electrons. The van der Waals surface area contributed by atoms with Gasteiger partial charge in [-0.05, 0) is 57.7 Å². The van der Waals surface area contributed by atoms with E-state index in [0.29, 0.717) is 6.54 Å². The van der Waals surface area contributed by atoms with Gasteiger partial charge in [-0.25, -0.2) is 0 Å². The number of aryl methyl sites for hydroxylation is 2. The van der Waals surface area contributed by atoms with Gasteiger partial charge in [0.1, 0.15) is 0 Å². The van der Waals surface area contributed by atoms with E-state index in [1.54, 1.807) is 11.8 Å². The Hall–Kier alpha value is -1.42. The molecule has 1 aromatic carbocycles. The highest BCUT2D eigenvalue weighted by Crippen LogP contribution is 2.23. The molecule has 1 heterocycles. The smallest absolute Gasteiger partial charge is 0.251 e. The van der Waals surface area contributed by atoms with Crippen LogP contribution in [0.4, 0.5) is 0 Å². The highest BCUT2D eigenvalue weighted by molar-refractivity contribution is 7.99. The zero-order valence-corrected chi connectivity index (χ0v) is 13.6. The van der Waals surface area contributed by atoms with Gasteiger partial charge in [0.2, 0.25) is 0 Å². The van der Waals surface area contributed by atoms with Crippen LogP contribution in [0.5, 0.6) is 0 Å². The highest BCUT2D eigenvalue weighted by Gasteiger charge is 2.18. The molecule has 0 fully saturated rings. The number of aromatic amines is 1. The molecule has 0 saturated carbocycles. The maximum Gasteiger partial charge on any atom is 0.251 e. The first-order chi connectivity index (χ1) is 9.34. The van der Waals surface area contributed by atoms with Gasteiger partial charge in [-0.2, -0.15) is 11.8 Å². The van der Waals surface area contributed by atoms with Crippen LogP contribution in [0.1, 0.15) is 35.5 Å². The standard InChI is InChI=1S/C16H22N2OS/c1-10-11(2)18-14-7-6-12(8-13(10)14)15(19)17-9-16(3,4)20-5/h6-8,18H,9H2,1-5H3,(H,17,19). The molecule has 0 aliphatic carbocycles. The van der Waals surface area contributed by atoms with E-state index in [0.717, 1.165) is 22.2 Å². The number of H-pyrrole nitrogens is 1. The molecule has 20 heavy (non-hydrogen) atoms. The van der Waals surface area contributed by atoms with Crippen LogP contribution in [0.3, 0.4) is 0 Å². The van der Waals surface area contributed by atoms with Gasteiger partial charge in [0.25, 0.3) is 5.91 Å². The first kappa shape index (κ1) is 15.0. The fraction of sp³-hybridized carbons (Fsp3) is 0.438. The van der Waals surface area contributed by atoms with Gasteiger partial charge < -0.3 is 10.3 Å². The number of carbonyl (C=O) groups excluding carboxylic acids is 1. The zero-order valence-electron chi connectivity index (χ0n) is 12.8. The van der Waals surface area contributed by atoms with Crippen LogP contribution in [0.25, 0.3) is 10.9 Å². The SMILES string of the molecule is CSC(C)(C)CNC(=O)c1ccc2[nH]c(C)c(C)c2c1. The fourth-order valence-corrected chi connectivity index (χ4v) is 2.29. The molecular formula is C16H22N2OS. The average molecular weight is 290 g/mol. The van der Waals surface area contributed by atoms with Crippen molar-refractivity contribution < 1.29 is 4.79 Å². The molecule has 2 N–H and O–H groups in total. The summed E-state index contributed by atoms with van der Waals surface area (Å²) in [5, 5.41) is 4.14. The molecule has 0 bridgehead atoms. The summed E-state index contributed by atoms with van der Waals surface area (Å²) in [6, 6.07) is 5.82. The van der Waals surface area contributed by atoms with Crippen molar-refractivity contribution >= 4 is 28.6 Å². The quantitative estimate of drug-likeness (QED) is 0.902. The van der Waals surface area contributed by atoms with E-state index in [9.17, 15) is 4.79 Å². The van der Waals surface area contributed by atoms with Crippen LogP contribution < -0.4 is 5.32 Å². The van der Waals surface area contributed by atoms with Gasteiger partial charge in [-0.15, -0.1) is 0 Å². The van der Waals surface area contributed by atoms with Crippen molar-refractivity contribution in [2.75, 3.05) is 12.8 Å².